The predicted molar refractivity (Wildman–Crippen MR) is 75.1 cm³/mol. The van der Waals surface area contributed by atoms with Crippen LogP contribution in [0.15, 0.2) is 24.3 Å². The Hall–Kier alpha value is -2.04. The van der Waals surface area contributed by atoms with Gasteiger partial charge in [-0.05, 0) is 30.0 Å². The smallest absolute Gasteiger partial charge is 0.240 e. The van der Waals surface area contributed by atoms with Gasteiger partial charge in [0.05, 0.1) is 6.42 Å². The Morgan fingerprint density at radius 3 is 2.26 bits per heavy atom. The van der Waals surface area contributed by atoms with E-state index in [-0.39, 0.29) is 18.2 Å². The first kappa shape index (κ1) is 15.0. The fourth-order valence-electron chi connectivity index (χ4n) is 1.78. The van der Waals surface area contributed by atoms with Crippen LogP contribution >= 0.6 is 0 Å². The molecule has 1 aromatic carbocycles. The number of amides is 2. The predicted octanol–water partition coefficient (Wildman–Crippen LogP) is 0.828. The van der Waals surface area contributed by atoms with Gasteiger partial charge in [-0.2, -0.15) is 0 Å². The van der Waals surface area contributed by atoms with Crippen molar-refractivity contribution in [3.8, 4) is 0 Å². The van der Waals surface area contributed by atoms with Crippen molar-refractivity contribution in [1.29, 1.82) is 0 Å². The molecule has 1 atom stereocenters. The Morgan fingerprint density at radius 2 is 1.79 bits per heavy atom. The summed E-state index contributed by atoms with van der Waals surface area (Å²) in [4.78, 5) is 23.1. The molecule has 0 aliphatic rings. The molecule has 1 unspecified atom stereocenters. The fraction of sp³-hybridized carbons (Fsp3) is 0.429. The first-order valence-electron chi connectivity index (χ1n) is 6.31. The Labute approximate surface area is 113 Å². The van der Waals surface area contributed by atoms with Gasteiger partial charge in [0.25, 0.3) is 0 Å². The third-order valence-corrected chi connectivity index (χ3v) is 2.73. The molecular weight excluding hydrogens is 242 g/mol. The maximum absolute atomic E-state index is 11.8. The zero-order valence-electron chi connectivity index (χ0n) is 11.3. The van der Waals surface area contributed by atoms with E-state index in [1.54, 1.807) is 24.3 Å². The number of benzene rings is 1. The number of carbonyl (C=O) groups is 2. The number of nitrogens with two attached hydrogens (primary N) is 2. The summed E-state index contributed by atoms with van der Waals surface area (Å²) in [5.41, 5.74) is 12.3. The van der Waals surface area contributed by atoms with Gasteiger partial charge in [-0.3, -0.25) is 9.59 Å². The van der Waals surface area contributed by atoms with Crippen molar-refractivity contribution in [3.63, 3.8) is 0 Å². The minimum Gasteiger partial charge on any atom is -0.399 e. The summed E-state index contributed by atoms with van der Waals surface area (Å²) < 4.78 is 0. The Kier molecular flexibility index (Phi) is 5.36. The molecule has 0 saturated carbocycles. The lowest BCUT2D eigenvalue weighted by atomic mass is 10.0. The van der Waals surface area contributed by atoms with Crippen LogP contribution in [0, 0.1) is 5.92 Å². The average Bonchev–Trinajstić information content (AvgIpc) is 2.30. The molecule has 0 aliphatic carbocycles. The summed E-state index contributed by atoms with van der Waals surface area (Å²) in [6.07, 6.45) is 0.755. The molecule has 0 saturated heterocycles. The summed E-state index contributed by atoms with van der Waals surface area (Å²) in [7, 11) is 0. The fourth-order valence-corrected chi connectivity index (χ4v) is 1.78. The molecule has 104 valence electrons. The van der Waals surface area contributed by atoms with E-state index in [2.05, 4.69) is 5.32 Å². The summed E-state index contributed by atoms with van der Waals surface area (Å²) in [6.45, 7) is 3.95. The van der Waals surface area contributed by atoms with E-state index in [1.165, 1.54) is 0 Å². The summed E-state index contributed by atoms with van der Waals surface area (Å²) in [5.74, 6) is -0.428. The van der Waals surface area contributed by atoms with Gasteiger partial charge in [-0.15, -0.1) is 0 Å². The number of anilines is 1. The van der Waals surface area contributed by atoms with E-state index in [1.807, 2.05) is 13.8 Å². The topological polar surface area (TPSA) is 98.2 Å². The van der Waals surface area contributed by atoms with Gasteiger partial charge in [0.2, 0.25) is 11.8 Å². The summed E-state index contributed by atoms with van der Waals surface area (Å²) in [5, 5.41) is 2.67. The first-order valence-corrected chi connectivity index (χ1v) is 6.31. The first-order chi connectivity index (χ1) is 8.88. The van der Waals surface area contributed by atoms with E-state index in [0.29, 0.717) is 12.1 Å². The Bertz CT molecular complexity index is 441. The molecule has 5 heteroatoms. The van der Waals surface area contributed by atoms with Crippen molar-refractivity contribution in [2.75, 3.05) is 5.73 Å². The number of carbonyl (C=O) groups excluding carboxylic acids is 2. The molecule has 0 bridgehead atoms. The van der Waals surface area contributed by atoms with Crippen LogP contribution in [0.3, 0.4) is 0 Å². The second-order valence-corrected chi connectivity index (χ2v) is 5.07. The number of nitrogen functional groups attached to an aromatic ring is 1. The minimum atomic E-state index is -0.610. The molecule has 19 heavy (non-hydrogen) atoms. The maximum Gasteiger partial charge on any atom is 0.240 e. The largest absolute Gasteiger partial charge is 0.399 e. The summed E-state index contributed by atoms with van der Waals surface area (Å²) in [6, 6.07) is 6.44. The number of hydrogen-bond donors (Lipinski definition) is 3. The molecule has 1 aromatic rings. The highest BCUT2D eigenvalue weighted by atomic mass is 16.2. The van der Waals surface area contributed by atoms with E-state index in [9.17, 15) is 9.59 Å². The molecule has 0 radical (unpaired) electrons. The second kappa shape index (κ2) is 6.78. The molecule has 0 spiro atoms. The molecule has 0 fully saturated rings. The van der Waals surface area contributed by atoms with Crippen molar-refractivity contribution >= 4 is 17.5 Å². The van der Waals surface area contributed by atoms with Gasteiger partial charge >= 0.3 is 0 Å². The highest BCUT2D eigenvalue weighted by Gasteiger charge is 2.19. The third-order valence-electron chi connectivity index (χ3n) is 2.73. The van der Waals surface area contributed by atoms with Gasteiger partial charge in [0.15, 0.2) is 0 Å². The van der Waals surface area contributed by atoms with Crippen molar-refractivity contribution in [2.24, 2.45) is 11.7 Å². The van der Waals surface area contributed by atoms with Crippen LogP contribution in [0.1, 0.15) is 25.8 Å². The average molecular weight is 263 g/mol. The van der Waals surface area contributed by atoms with Crippen LogP contribution in [0.25, 0.3) is 0 Å². The van der Waals surface area contributed by atoms with Crippen LogP contribution in [-0.4, -0.2) is 17.9 Å². The standard InChI is InChI=1S/C14H21N3O2/c1-9(2)7-12(14(16)19)17-13(18)8-10-3-5-11(15)6-4-10/h3-6,9,12H,7-8,15H2,1-2H3,(H2,16,19)(H,17,18). The molecule has 5 nitrogen and oxygen atoms in total. The molecular formula is C14H21N3O2. The van der Waals surface area contributed by atoms with Crippen molar-refractivity contribution in [3.05, 3.63) is 29.8 Å². The highest BCUT2D eigenvalue weighted by Crippen LogP contribution is 2.08. The second-order valence-electron chi connectivity index (χ2n) is 5.07. The lowest BCUT2D eigenvalue weighted by molar-refractivity contribution is -0.127. The minimum absolute atomic E-state index is 0.210. The van der Waals surface area contributed by atoms with Gasteiger partial charge in [0, 0.05) is 5.69 Å². The maximum atomic E-state index is 11.8. The highest BCUT2D eigenvalue weighted by molar-refractivity contribution is 5.87. The quantitative estimate of drug-likeness (QED) is 0.663. The van der Waals surface area contributed by atoms with Crippen LogP contribution in [0.5, 0.6) is 0 Å². The van der Waals surface area contributed by atoms with E-state index in [0.717, 1.165) is 5.56 Å². The van der Waals surface area contributed by atoms with Crippen molar-refractivity contribution in [1.82, 2.24) is 5.32 Å². The number of nitrogens with one attached hydrogen (secondary N) is 1. The summed E-state index contributed by atoms with van der Waals surface area (Å²) >= 11 is 0. The molecule has 0 heterocycles. The van der Waals surface area contributed by atoms with E-state index < -0.39 is 11.9 Å². The Morgan fingerprint density at radius 1 is 1.21 bits per heavy atom. The normalized spacial score (nSPS) is 12.2. The van der Waals surface area contributed by atoms with E-state index >= 15 is 0 Å². The van der Waals surface area contributed by atoms with Crippen molar-refractivity contribution < 1.29 is 9.59 Å². The van der Waals surface area contributed by atoms with Crippen LogP contribution in [-0.2, 0) is 16.0 Å². The van der Waals surface area contributed by atoms with E-state index in [4.69, 9.17) is 11.5 Å². The monoisotopic (exact) mass is 263 g/mol. The van der Waals surface area contributed by atoms with Gasteiger partial charge < -0.3 is 16.8 Å². The van der Waals surface area contributed by atoms with Crippen LogP contribution in [0.4, 0.5) is 5.69 Å². The van der Waals surface area contributed by atoms with Gasteiger partial charge in [-0.1, -0.05) is 26.0 Å². The zero-order valence-corrected chi connectivity index (χ0v) is 11.3. The zero-order chi connectivity index (χ0) is 14.4. The Balaban J connectivity index is 2.57. The molecule has 0 aliphatic heterocycles. The number of rotatable bonds is 6. The lowest BCUT2D eigenvalue weighted by Crippen LogP contribution is -2.45. The molecule has 5 N–H and O–H groups in total. The number of primary amides is 1. The number of hydrogen-bond acceptors (Lipinski definition) is 3. The van der Waals surface area contributed by atoms with Gasteiger partial charge in [0.1, 0.15) is 6.04 Å². The molecule has 2 amide bonds. The van der Waals surface area contributed by atoms with Crippen LogP contribution in [0.2, 0.25) is 0 Å². The molecule has 1 rings (SSSR count). The van der Waals surface area contributed by atoms with Crippen LogP contribution < -0.4 is 16.8 Å². The third kappa shape index (κ3) is 5.42. The SMILES string of the molecule is CC(C)CC(NC(=O)Cc1ccc(N)cc1)C(N)=O. The van der Waals surface area contributed by atoms with Crippen molar-refractivity contribution in [2.45, 2.75) is 32.7 Å². The van der Waals surface area contributed by atoms with Gasteiger partial charge in [-0.25, -0.2) is 0 Å². The molecule has 0 aromatic heterocycles. The lowest BCUT2D eigenvalue weighted by Gasteiger charge is -2.17.